The summed E-state index contributed by atoms with van der Waals surface area (Å²) in [5.74, 6) is 0.805. The van der Waals surface area contributed by atoms with Crippen LogP contribution < -0.4 is 10.2 Å². The molecular weight excluding hydrogens is 343 g/mol. The summed E-state index contributed by atoms with van der Waals surface area (Å²) in [6, 6.07) is 17.9. The summed E-state index contributed by atoms with van der Waals surface area (Å²) in [4.78, 5) is 0. The van der Waals surface area contributed by atoms with E-state index in [0.717, 1.165) is 11.2 Å². The molecule has 0 aromatic heterocycles. The van der Waals surface area contributed by atoms with E-state index in [4.69, 9.17) is 23.5 Å². The molecule has 0 N–H and O–H groups in total. The first-order chi connectivity index (χ1) is 13.1. The number of ether oxygens (including phenoxy) is 3. The highest BCUT2D eigenvalue weighted by molar-refractivity contribution is 6.61. The minimum Gasteiger partial charge on any atom is -0.491 e. The van der Waals surface area contributed by atoms with Gasteiger partial charge in [0.05, 0.1) is 38.6 Å². The Morgan fingerprint density at radius 2 is 1.59 bits per heavy atom. The summed E-state index contributed by atoms with van der Waals surface area (Å²) in [5, 5.41) is 0. The van der Waals surface area contributed by atoms with E-state index in [-0.39, 0.29) is 12.7 Å². The van der Waals surface area contributed by atoms with Crippen molar-refractivity contribution >= 4 is 12.6 Å². The van der Waals surface area contributed by atoms with Crippen molar-refractivity contribution in [2.75, 3.05) is 33.0 Å². The molecule has 0 radical (unpaired) electrons. The summed E-state index contributed by atoms with van der Waals surface area (Å²) in [6.45, 7) is 7.42. The van der Waals surface area contributed by atoms with Crippen molar-refractivity contribution < 1.29 is 23.5 Å². The second-order valence-corrected chi connectivity index (χ2v) is 7.09. The van der Waals surface area contributed by atoms with Gasteiger partial charge in [-0.3, -0.25) is 0 Å². The summed E-state index contributed by atoms with van der Waals surface area (Å²) >= 11 is 0. The fraction of sp³-hybridized carbons (Fsp3) is 0.429. The molecule has 144 valence electrons. The van der Waals surface area contributed by atoms with E-state index in [1.165, 1.54) is 5.56 Å². The largest absolute Gasteiger partial charge is 0.494 e. The van der Waals surface area contributed by atoms with Crippen LogP contribution in [0.1, 0.15) is 19.4 Å². The van der Waals surface area contributed by atoms with E-state index in [2.05, 4.69) is 0 Å². The zero-order chi connectivity index (χ0) is 19.0. The molecular formula is C21H27BO5. The maximum Gasteiger partial charge on any atom is 0.494 e. The Hall–Kier alpha value is -1.86. The number of hydrogen-bond donors (Lipinski definition) is 0. The molecule has 0 atom stereocenters. The Balaban J connectivity index is 1.25. The molecule has 2 aromatic carbocycles. The Bertz CT molecular complexity index is 675. The second kappa shape index (κ2) is 9.90. The van der Waals surface area contributed by atoms with Gasteiger partial charge in [-0.15, -0.1) is 0 Å². The van der Waals surface area contributed by atoms with Gasteiger partial charge in [0.15, 0.2) is 0 Å². The maximum atomic E-state index is 5.85. The highest BCUT2D eigenvalue weighted by Gasteiger charge is 2.37. The lowest BCUT2D eigenvalue weighted by Crippen LogP contribution is -2.34. The molecule has 1 aliphatic rings. The molecule has 0 amide bonds. The standard InChI is InChI=1S/C21H27BO5/c1-21(2)17-26-22(27-21)19-8-10-20(11-9-19)25-15-14-23-12-13-24-16-18-6-4-3-5-7-18/h3-11H,12-17H2,1-2H3. The van der Waals surface area contributed by atoms with Crippen LogP contribution in [-0.4, -0.2) is 45.8 Å². The summed E-state index contributed by atoms with van der Waals surface area (Å²) in [5.41, 5.74) is 1.93. The van der Waals surface area contributed by atoms with Crippen LogP contribution in [0.3, 0.4) is 0 Å². The van der Waals surface area contributed by atoms with Crippen LogP contribution in [0.15, 0.2) is 54.6 Å². The molecule has 3 rings (SSSR count). The average molecular weight is 370 g/mol. The minimum absolute atomic E-state index is 0.234. The van der Waals surface area contributed by atoms with Gasteiger partial charge >= 0.3 is 7.12 Å². The zero-order valence-corrected chi connectivity index (χ0v) is 16.1. The van der Waals surface area contributed by atoms with Crippen LogP contribution in [0.2, 0.25) is 0 Å². The van der Waals surface area contributed by atoms with E-state index in [1.807, 2.05) is 68.4 Å². The third kappa shape index (κ3) is 6.67. The summed E-state index contributed by atoms with van der Waals surface area (Å²) in [6.07, 6.45) is 0. The summed E-state index contributed by atoms with van der Waals surface area (Å²) in [7, 11) is -0.298. The van der Waals surface area contributed by atoms with E-state index in [1.54, 1.807) is 0 Å². The molecule has 0 aliphatic carbocycles. The van der Waals surface area contributed by atoms with Crippen molar-refractivity contribution in [3.05, 3.63) is 60.2 Å². The molecule has 5 nitrogen and oxygen atoms in total. The van der Waals surface area contributed by atoms with E-state index >= 15 is 0 Å². The van der Waals surface area contributed by atoms with Crippen LogP contribution in [0.4, 0.5) is 0 Å². The van der Waals surface area contributed by atoms with Crippen LogP contribution >= 0.6 is 0 Å². The van der Waals surface area contributed by atoms with Crippen molar-refractivity contribution in [2.45, 2.75) is 26.1 Å². The lowest BCUT2D eigenvalue weighted by Gasteiger charge is -2.15. The first kappa shape index (κ1) is 19.9. The van der Waals surface area contributed by atoms with Gasteiger partial charge in [0.2, 0.25) is 0 Å². The Morgan fingerprint density at radius 3 is 2.30 bits per heavy atom. The zero-order valence-electron chi connectivity index (χ0n) is 16.1. The minimum atomic E-state index is -0.298. The lowest BCUT2D eigenvalue weighted by atomic mass is 9.79. The molecule has 6 heteroatoms. The second-order valence-electron chi connectivity index (χ2n) is 7.09. The van der Waals surface area contributed by atoms with Gasteiger partial charge in [-0.05, 0) is 37.0 Å². The van der Waals surface area contributed by atoms with Gasteiger partial charge in [0.1, 0.15) is 12.4 Å². The van der Waals surface area contributed by atoms with Gasteiger partial charge < -0.3 is 23.5 Å². The fourth-order valence-corrected chi connectivity index (χ4v) is 2.72. The van der Waals surface area contributed by atoms with Gasteiger partial charge in [0, 0.05) is 0 Å². The Kier molecular flexibility index (Phi) is 7.29. The van der Waals surface area contributed by atoms with Crippen LogP contribution in [0, 0.1) is 0 Å². The van der Waals surface area contributed by atoms with E-state index in [0.29, 0.717) is 39.6 Å². The normalized spacial score (nSPS) is 15.9. The smallest absolute Gasteiger partial charge is 0.491 e. The molecule has 1 saturated heterocycles. The average Bonchev–Trinajstić information content (AvgIpc) is 3.05. The van der Waals surface area contributed by atoms with Crippen LogP contribution in [-0.2, 0) is 25.4 Å². The van der Waals surface area contributed by atoms with Gasteiger partial charge in [-0.1, -0.05) is 42.5 Å². The Morgan fingerprint density at radius 1 is 0.889 bits per heavy atom. The third-order valence-corrected chi connectivity index (χ3v) is 4.14. The van der Waals surface area contributed by atoms with Gasteiger partial charge in [-0.25, -0.2) is 0 Å². The fourth-order valence-electron chi connectivity index (χ4n) is 2.72. The molecule has 1 fully saturated rings. The molecule has 1 aliphatic heterocycles. The molecule has 0 unspecified atom stereocenters. The Labute approximate surface area is 161 Å². The monoisotopic (exact) mass is 370 g/mol. The van der Waals surface area contributed by atoms with Crippen molar-refractivity contribution in [3.8, 4) is 5.75 Å². The van der Waals surface area contributed by atoms with Crippen molar-refractivity contribution in [1.29, 1.82) is 0 Å². The van der Waals surface area contributed by atoms with Crippen molar-refractivity contribution in [1.82, 2.24) is 0 Å². The number of rotatable bonds is 10. The SMILES string of the molecule is CC1(C)COB(c2ccc(OCCOCCOCc3ccccc3)cc2)O1. The van der Waals surface area contributed by atoms with Gasteiger partial charge in [-0.2, -0.15) is 0 Å². The molecule has 0 bridgehead atoms. The first-order valence-electron chi connectivity index (χ1n) is 9.34. The molecule has 0 saturated carbocycles. The lowest BCUT2D eigenvalue weighted by molar-refractivity contribution is 0.0303. The predicted molar refractivity (Wildman–Crippen MR) is 105 cm³/mol. The van der Waals surface area contributed by atoms with E-state index in [9.17, 15) is 0 Å². The molecule has 2 aromatic rings. The first-order valence-corrected chi connectivity index (χ1v) is 9.34. The van der Waals surface area contributed by atoms with Crippen LogP contribution in [0.25, 0.3) is 0 Å². The topological polar surface area (TPSA) is 46.2 Å². The highest BCUT2D eigenvalue weighted by atomic mass is 16.7. The van der Waals surface area contributed by atoms with Crippen LogP contribution in [0.5, 0.6) is 5.75 Å². The van der Waals surface area contributed by atoms with E-state index < -0.39 is 0 Å². The van der Waals surface area contributed by atoms with Crippen molar-refractivity contribution in [2.24, 2.45) is 0 Å². The number of benzene rings is 2. The molecule has 1 heterocycles. The quantitative estimate of drug-likeness (QED) is 0.476. The van der Waals surface area contributed by atoms with Crippen molar-refractivity contribution in [3.63, 3.8) is 0 Å². The van der Waals surface area contributed by atoms with Gasteiger partial charge in [0.25, 0.3) is 0 Å². The summed E-state index contributed by atoms with van der Waals surface area (Å²) < 4.78 is 28.3. The third-order valence-electron chi connectivity index (χ3n) is 4.14. The maximum absolute atomic E-state index is 5.85. The predicted octanol–water partition coefficient (Wildman–Crippen LogP) is 2.82. The highest BCUT2D eigenvalue weighted by Crippen LogP contribution is 2.20. The number of hydrogen-bond acceptors (Lipinski definition) is 5. The molecule has 0 spiro atoms. The molecule has 27 heavy (non-hydrogen) atoms.